The summed E-state index contributed by atoms with van der Waals surface area (Å²) in [6, 6.07) is -0.597. The number of nitrogens with zero attached hydrogens (tertiary/aromatic N) is 1. The van der Waals surface area contributed by atoms with Gasteiger partial charge in [0, 0.05) is 24.7 Å². The molecule has 1 heterocycles. The number of hydrogen-bond donors (Lipinski definition) is 1. The lowest BCUT2D eigenvalue weighted by molar-refractivity contribution is -0.131. The Morgan fingerprint density at radius 2 is 1.74 bits per heavy atom. The number of nitrogens with one attached hydrogen (secondary N) is 1. The van der Waals surface area contributed by atoms with Crippen molar-refractivity contribution in [2.45, 2.75) is 47.1 Å². The molecule has 0 radical (unpaired) electrons. The maximum atomic E-state index is 12.8. The number of carbonyl (C=O) groups is 3. The Kier molecular flexibility index (Phi) is 6.12. The van der Waals surface area contributed by atoms with Crippen LogP contribution in [0.3, 0.4) is 0 Å². The van der Waals surface area contributed by atoms with Crippen molar-refractivity contribution >= 4 is 17.7 Å². The lowest BCUT2D eigenvalue weighted by Gasteiger charge is -2.25. The normalized spacial score (nSPS) is 12.2. The van der Waals surface area contributed by atoms with Crippen LogP contribution in [0.2, 0.25) is 0 Å². The second-order valence-electron chi connectivity index (χ2n) is 6.26. The SMILES string of the molecule is COC(=O)c1[nH]c(C)c(C(=O)C(C)N(C)C(=O)CC(C)C)c1C. The van der Waals surface area contributed by atoms with E-state index >= 15 is 0 Å². The van der Waals surface area contributed by atoms with Gasteiger partial charge < -0.3 is 14.6 Å². The molecule has 0 aliphatic heterocycles. The first-order valence-electron chi connectivity index (χ1n) is 7.69. The zero-order chi connectivity index (χ0) is 17.9. The second-order valence-corrected chi connectivity index (χ2v) is 6.26. The van der Waals surface area contributed by atoms with E-state index in [9.17, 15) is 14.4 Å². The fourth-order valence-electron chi connectivity index (χ4n) is 2.52. The van der Waals surface area contributed by atoms with Gasteiger partial charge in [-0.25, -0.2) is 4.79 Å². The van der Waals surface area contributed by atoms with E-state index in [4.69, 9.17) is 4.74 Å². The number of aryl methyl sites for hydroxylation is 1. The molecule has 1 atom stereocenters. The van der Waals surface area contributed by atoms with Crippen LogP contribution in [0.25, 0.3) is 0 Å². The molecule has 1 aromatic rings. The van der Waals surface area contributed by atoms with E-state index in [0.717, 1.165) is 0 Å². The molecule has 6 heteroatoms. The molecular formula is C17H26N2O4. The Hall–Kier alpha value is -2.11. The number of H-pyrrole nitrogens is 1. The summed E-state index contributed by atoms with van der Waals surface area (Å²) in [4.78, 5) is 41.0. The van der Waals surface area contributed by atoms with Crippen LogP contribution < -0.4 is 0 Å². The number of hydrogen-bond acceptors (Lipinski definition) is 4. The molecule has 0 fully saturated rings. The number of methoxy groups -OCH3 is 1. The highest BCUT2D eigenvalue weighted by Gasteiger charge is 2.29. The average Bonchev–Trinajstić information content (AvgIpc) is 2.78. The van der Waals surface area contributed by atoms with Crippen molar-refractivity contribution < 1.29 is 19.1 Å². The summed E-state index contributed by atoms with van der Waals surface area (Å²) in [6.07, 6.45) is 0.395. The van der Waals surface area contributed by atoms with Crippen molar-refractivity contribution in [2.24, 2.45) is 5.92 Å². The number of ether oxygens (including phenoxy) is 1. The number of esters is 1. The van der Waals surface area contributed by atoms with Gasteiger partial charge in [-0.15, -0.1) is 0 Å². The van der Waals surface area contributed by atoms with Crippen LogP contribution in [0.5, 0.6) is 0 Å². The number of carbonyl (C=O) groups excluding carboxylic acids is 3. The third-order valence-corrected chi connectivity index (χ3v) is 4.01. The summed E-state index contributed by atoms with van der Waals surface area (Å²) in [5, 5.41) is 0. The van der Waals surface area contributed by atoms with Crippen LogP contribution in [0.4, 0.5) is 0 Å². The van der Waals surface area contributed by atoms with Crippen molar-refractivity contribution in [2.75, 3.05) is 14.2 Å². The third kappa shape index (κ3) is 4.00. The van der Waals surface area contributed by atoms with Crippen LogP contribution >= 0.6 is 0 Å². The number of ketones is 1. The number of Topliss-reactive ketones (excluding diaryl/α,β-unsaturated/α-hetero) is 1. The van der Waals surface area contributed by atoms with Gasteiger partial charge in [0.25, 0.3) is 0 Å². The number of amides is 1. The Labute approximate surface area is 137 Å². The Bertz CT molecular complexity index is 616. The van der Waals surface area contributed by atoms with Crippen molar-refractivity contribution in [3.05, 3.63) is 22.5 Å². The quantitative estimate of drug-likeness (QED) is 0.644. The Morgan fingerprint density at radius 3 is 2.22 bits per heavy atom. The number of aromatic nitrogens is 1. The standard InChI is InChI=1S/C17H26N2O4/c1-9(2)8-13(20)19(6)12(5)16(21)14-10(3)15(17(22)23-7)18-11(14)4/h9,12,18H,8H2,1-7H3. The Balaban J connectivity index is 3.08. The highest BCUT2D eigenvalue weighted by molar-refractivity contribution is 6.06. The molecule has 0 saturated heterocycles. The van der Waals surface area contributed by atoms with Crippen molar-refractivity contribution in [1.82, 2.24) is 9.88 Å². The molecular weight excluding hydrogens is 296 g/mol. The fourth-order valence-corrected chi connectivity index (χ4v) is 2.52. The zero-order valence-electron chi connectivity index (χ0n) is 14.9. The van der Waals surface area contributed by atoms with Crippen molar-refractivity contribution in [3.8, 4) is 0 Å². The minimum absolute atomic E-state index is 0.0696. The van der Waals surface area contributed by atoms with Crippen LogP contribution in [0, 0.1) is 19.8 Å². The maximum Gasteiger partial charge on any atom is 0.354 e. The topological polar surface area (TPSA) is 79.5 Å². The molecule has 0 aliphatic carbocycles. The molecule has 0 aromatic carbocycles. The van der Waals surface area contributed by atoms with Gasteiger partial charge >= 0.3 is 5.97 Å². The van der Waals surface area contributed by atoms with Gasteiger partial charge in [-0.05, 0) is 32.3 Å². The van der Waals surface area contributed by atoms with Crippen molar-refractivity contribution in [3.63, 3.8) is 0 Å². The maximum absolute atomic E-state index is 12.8. The van der Waals surface area contributed by atoms with Gasteiger partial charge in [0.15, 0.2) is 5.78 Å². The summed E-state index contributed by atoms with van der Waals surface area (Å²) >= 11 is 0. The van der Waals surface area contributed by atoms with Gasteiger partial charge in [-0.1, -0.05) is 13.8 Å². The number of rotatable bonds is 6. The predicted octanol–water partition coefficient (Wildman–Crippen LogP) is 2.49. The van der Waals surface area contributed by atoms with E-state index in [-0.39, 0.29) is 23.3 Å². The van der Waals surface area contributed by atoms with Crippen LogP contribution in [0.1, 0.15) is 59.3 Å². The van der Waals surface area contributed by atoms with Gasteiger partial charge in [0.05, 0.1) is 13.2 Å². The molecule has 1 aromatic heterocycles. The van der Waals surface area contributed by atoms with E-state index in [1.54, 1.807) is 27.8 Å². The largest absolute Gasteiger partial charge is 0.464 e. The molecule has 23 heavy (non-hydrogen) atoms. The summed E-state index contributed by atoms with van der Waals surface area (Å²) in [7, 11) is 2.92. The lowest BCUT2D eigenvalue weighted by atomic mass is 9.99. The minimum atomic E-state index is -0.597. The van der Waals surface area contributed by atoms with Gasteiger partial charge in [-0.2, -0.15) is 0 Å². The van der Waals surface area contributed by atoms with Gasteiger partial charge in [-0.3, -0.25) is 9.59 Å². The smallest absolute Gasteiger partial charge is 0.354 e. The monoisotopic (exact) mass is 322 g/mol. The minimum Gasteiger partial charge on any atom is -0.464 e. The van der Waals surface area contributed by atoms with Gasteiger partial charge in [0.1, 0.15) is 5.69 Å². The molecule has 1 rings (SSSR count). The van der Waals surface area contributed by atoms with Crippen LogP contribution in [-0.4, -0.2) is 47.7 Å². The van der Waals surface area contributed by atoms with Crippen LogP contribution in [0.15, 0.2) is 0 Å². The van der Waals surface area contributed by atoms with E-state index in [1.165, 1.54) is 12.0 Å². The summed E-state index contributed by atoms with van der Waals surface area (Å²) < 4.78 is 4.71. The molecule has 1 N–H and O–H groups in total. The first-order chi connectivity index (χ1) is 10.6. The first kappa shape index (κ1) is 18.9. The first-order valence-corrected chi connectivity index (χ1v) is 7.69. The summed E-state index contributed by atoms with van der Waals surface area (Å²) in [5.41, 5.74) is 1.87. The molecule has 1 unspecified atom stereocenters. The molecule has 128 valence electrons. The molecule has 6 nitrogen and oxygen atoms in total. The number of aromatic amines is 1. The molecule has 0 spiro atoms. The highest BCUT2D eigenvalue weighted by Crippen LogP contribution is 2.22. The predicted molar refractivity (Wildman–Crippen MR) is 87.6 cm³/mol. The van der Waals surface area contributed by atoms with E-state index in [2.05, 4.69) is 4.98 Å². The molecule has 0 bridgehead atoms. The van der Waals surface area contributed by atoms with E-state index in [0.29, 0.717) is 23.2 Å². The van der Waals surface area contributed by atoms with E-state index in [1.807, 2.05) is 13.8 Å². The number of likely N-dealkylation sites (N-methyl/N-ethyl adjacent to an activating group) is 1. The third-order valence-electron chi connectivity index (χ3n) is 4.01. The average molecular weight is 322 g/mol. The highest BCUT2D eigenvalue weighted by atomic mass is 16.5. The van der Waals surface area contributed by atoms with Crippen molar-refractivity contribution in [1.29, 1.82) is 0 Å². The summed E-state index contributed by atoms with van der Waals surface area (Å²) in [6.45, 7) is 9.05. The van der Waals surface area contributed by atoms with Gasteiger partial charge in [0.2, 0.25) is 5.91 Å². The zero-order valence-corrected chi connectivity index (χ0v) is 14.9. The summed E-state index contributed by atoms with van der Waals surface area (Å²) in [5.74, 6) is -0.540. The molecule has 1 amide bonds. The van der Waals surface area contributed by atoms with Crippen LogP contribution in [-0.2, 0) is 9.53 Å². The fraction of sp³-hybridized carbons (Fsp3) is 0.588. The molecule has 0 saturated carbocycles. The molecule has 0 aliphatic rings. The second kappa shape index (κ2) is 7.44. The lowest BCUT2D eigenvalue weighted by Crippen LogP contribution is -2.41. The Morgan fingerprint density at radius 1 is 1.17 bits per heavy atom. The van der Waals surface area contributed by atoms with E-state index < -0.39 is 12.0 Å².